The van der Waals surface area contributed by atoms with Crippen molar-refractivity contribution in [2.24, 2.45) is 5.92 Å². The highest BCUT2D eigenvalue weighted by molar-refractivity contribution is 5.97. The summed E-state index contributed by atoms with van der Waals surface area (Å²) in [4.78, 5) is 12.0. The van der Waals surface area contributed by atoms with E-state index in [2.05, 4.69) is 6.92 Å². The summed E-state index contributed by atoms with van der Waals surface area (Å²) in [6, 6.07) is 7.34. The normalized spacial score (nSPS) is 12.2. The van der Waals surface area contributed by atoms with E-state index >= 15 is 0 Å². The van der Waals surface area contributed by atoms with E-state index in [1.807, 2.05) is 31.2 Å². The standard InChI is InChI=1S/C14H20O2/c1-4-5-6-11(2)14(15)12-7-9-13(16-3)10-8-12/h7-11H,4-6H2,1-3H3. The molecule has 0 aliphatic heterocycles. The first-order valence-corrected chi connectivity index (χ1v) is 5.87. The molecule has 1 rings (SSSR count). The monoisotopic (exact) mass is 220 g/mol. The van der Waals surface area contributed by atoms with Crippen molar-refractivity contribution in [3.8, 4) is 5.75 Å². The third kappa shape index (κ3) is 3.37. The van der Waals surface area contributed by atoms with Gasteiger partial charge in [0.15, 0.2) is 5.78 Å². The Hall–Kier alpha value is -1.31. The second kappa shape index (κ2) is 6.31. The van der Waals surface area contributed by atoms with Gasteiger partial charge in [0.05, 0.1) is 7.11 Å². The number of ether oxygens (including phenoxy) is 1. The van der Waals surface area contributed by atoms with E-state index < -0.39 is 0 Å². The molecule has 1 aromatic rings. The summed E-state index contributed by atoms with van der Waals surface area (Å²) in [5.74, 6) is 1.14. The fraction of sp³-hybridized carbons (Fsp3) is 0.500. The molecular weight excluding hydrogens is 200 g/mol. The molecule has 88 valence electrons. The Balaban J connectivity index is 2.64. The Morgan fingerprint density at radius 1 is 1.31 bits per heavy atom. The number of carbonyl (C=O) groups excluding carboxylic acids is 1. The Bertz CT molecular complexity index is 327. The molecule has 0 saturated carbocycles. The van der Waals surface area contributed by atoms with Crippen LogP contribution in [-0.4, -0.2) is 12.9 Å². The van der Waals surface area contributed by atoms with Gasteiger partial charge in [0.25, 0.3) is 0 Å². The van der Waals surface area contributed by atoms with Crippen molar-refractivity contribution >= 4 is 5.78 Å². The average molecular weight is 220 g/mol. The molecule has 1 atom stereocenters. The topological polar surface area (TPSA) is 26.3 Å². The number of unbranched alkanes of at least 4 members (excludes halogenated alkanes) is 1. The number of benzene rings is 1. The molecule has 0 heterocycles. The molecule has 0 N–H and O–H groups in total. The molecule has 0 amide bonds. The Morgan fingerprint density at radius 3 is 2.44 bits per heavy atom. The van der Waals surface area contributed by atoms with Gasteiger partial charge in [-0.2, -0.15) is 0 Å². The summed E-state index contributed by atoms with van der Waals surface area (Å²) in [7, 11) is 1.63. The smallest absolute Gasteiger partial charge is 0.165 e. The first kappa shape index (κ1) is 12.8. The van der Waals surface area contributed by atoms with Crippen LogP contribution in [-0.2, 0) is 0 Å². The molecule has 0 aliphatic rings. The maximum absolute atomic E-state index is 12.0. The zero-order valence-corrected chi connectivity index (χ0v) is 10.3. The van der Waals surface area contributed by atoms with Gasteiger partial charge in [-0.15, -0.1) is 0 Å². The van der Waals surface area contributed by atoms with E-state index in [-0.39, 0.29) is 11.7 Å². The van der Waals surface area contributed by atoms with Crippen LogP contribution in [0.1, 0.15) is 43.5 Å². The van der Waals surface area contributed by atoms with Crippen molar-refractivity contribution in [1.29, 1.82) is 0 Å². The van der Waals surface area contributed by atoms with Crippen LogP contribution in [0.5, 0.6) is 5.75 Å². The number of methoxy groups -OCH3 is 1. The third-order valence-electron chi connectivity index (χ3n) is 2.81. The number of Topliss-reactive ketones (excluding diaryl/α,β-unsaturated/α-hetero) is 1. The fourth-order valence-corrected chi connectivity index (χ4v) is 1.68. The summed E-state index contributed by atoms with van der Waals surface area (Å²) in [5.41, 5.74) is 0.782. The van der Waals surface area contributed by atoms with Gasteiger partial charge in [-0.25, -0.2) is 0 Å². The van der Waals surface area contributed by atoms with Gasteiger partial charge in [0, 0.05) is 11.5 Å². The molecule has 2 nitrogen and oxygen atoms in total. The van der Waals surface area contributed by atoms with Gasteiger partial charge >= 0.3 is 0 Å². The lowest BCUT2D eigenvalue weighted by molar-refractivity contribution is 0.0922. The molecule has 1 unspecified atom stereocenters. The summed E-state index contributed by atoms with van der Waals surface area (Å²) < 4.78 is 5.06. The number of carbonyl (C=O) groups is 1. The van der Waals surface area contributed by atoms with Crippen LogP contribution in [0.25, 0.3) is 0 Å². The summed E-state index contributed by atoms with van der Waals surface area (Å²) in [6.07, 6.45) is 3.23. The van der Waals surface area contributed by atoms with Gasteiger partial charge in [-0.1, -0.05) is 26.7 Å². The first-order chi connectivity index (χ1) is 7.69. The van der Waals surface area contributed by atoms with Crippen molar-refractivity contribution in [2.45, 2.75) is 33.1 Å². The van der Waals surface area contributed by atoms with Crippen molar-refractivity contribution in [3.05, 3.63) is 29.8 Å². The molecule has 16 heavy (non-hydrogen) atoms. The fourth-order valence-electron chi connectivity index (χ4n) is 1.68. The summed E-state index contributed by atoms with van der Waals surface area (Å²) in [6.45, 7) is 4.15. The van der Waals surface area contributed by atoms with Gasteiger partial charge in [-0.05, 0) is 30.7 Å². The second-order valence-electron chi connectivity index (χ2n) is 4.14. The molecule has 0 aliphatic carbocycles. The minimum Gasteiger partial charge on any atom is -0.497 e. The molecule has 0 aromatic heterocycles. The van der Waals surface area contributed by atoms with Crippen LogP contribution in [0.3, 0.4) is 0 Å². The lowest BCUT2D eigenvalue weighted by atomic mass is 9.94. The minimum absolute atomic E-state index is 0.119. The van der Waals surface area contributed by atoms with Crippen LogP contribution in [0.4, 0.5) is 0 Å². The van der Waals surface area contributed by atoms with E-state index in [0.717, 1.165) is 30.6 Å². The average Bonchev–Trinajstić information content (AvgIpc) is 2.35. The van der Waals surface area contributed by atoms with Crippen molar-refractivity contribution < 1.29 is 9.53 Å². The van der Waals surface area contributed by atoms with Crippen molar-refractivity contribution in [2.75, 3.05) is 7.11 Å². The number of hydrogen-bond acceptors (Lipinski definition) is 2. The van der Waals surface area contributed by atoms with Crippen LogP contribution in [0.2, 0.25) is 0 Å². The van der Waals surface area contributed by atoms with Crippen LogP contribution in [0, 0.1) is 5.92 Å². The largest absolute Gasteiger partial charge is 0.497 e. The first-order valence-electron chi connectivity index (χ1n) is 5.87. The van der Waals surface area contributed by atoms with Gasteiger partial charge in [0.1, 0.15) is 5.75 Å². The van der Waals surface area contributed by atoms with Crippen molar-refractivity contribution in [1.82, 2.24) is 0 Å². The highest BCUT2D eigenvalue weighted by atomic mass is 16.5. The zero-order valence-electron chi connectivity index (χ0n) is 10.3. The third-order valence-corrected chi connectivity index (χ3v) is 2.81. The quantitative estimate of drug-likeness (QED) is 0.683. The molecule has 0 bridgehead atoms. The van der Waals surface area contributed by atoms with E-state index in [1.165, 1.54) is 0 Å². The maximum atomic E-state index is 12.0. The predicted octanol–water partition coefficient (Wildman–Crippen LogP) is 3.70. The summed E-state index contributed by atoms with van der Waals surface area (Å²) >= 11 is 0. The number of rotatable bonds is 6. The molecular formula is C14H20O2. The minimum atomic E-state index is 0.119. The van der Waals surface area contributed by atoms with E-state index in [0.29, 0.717) is 0 Å². The van der Waals surface area contributed by atoms with Gasteiger partial charge < -0.3 is 4.74 Å². The Morgan fingerprint density at radius 2 is 1.94 bits per heavy atom. The lowest BCUT2D eigenvalue weighted by Crippen LogP contribution is -2.11. The molecule has 0 saturated heterocycles. The SMILES string of the molecule is CCCCC(C)C(=O)c1ccc(OC)cc1. The van der Waals surface area contributed by atoms with Gasteiger partial charge in [-0.3, -0.25) is 4.79 Å². The predicted molar refractivity (Wildman–Crippen MR) is 66.0 cm³/mol. The van der Waals surface area contributed by atoms with Gasteiger partial charge in [0.2, 0.25) is 0 Å². The highest BCUT2D eigenvalue weighted by Gasteiger charge is 2.14. The molecule has 0 fully saturated rings. The Labute approximate surface area is 97.6 Å². The summed E-state index contributed by atoms with van der Waals surface area (Å²) in [5, 5.41) is 0. The highest BCUT2D eigenvalue weighted by Crippen LogP contribution is 2.17. The van der Waals surface area contributed by atoms with E-state index in [9.17, 15) is 4.79 Å². The number of ketones is 1. The molecule has 2 heteroatoms. The molecule has 0 spiro atoms. The van der Waals surface area contributed by atoms with Crippen LogP contribution in [0.15, 0.2) is 24.3 Å². The zero-order chi connectivity index (χ0) is 12.0. The Kier molecular flexibility index (Phi) is 5.03. The molecule has 1 aromatic carbocycles. The number of hydrogen-bond donors (Lipinski definition) is 0. The van der Waals surface area contributed by atoms with Crippen LogP contribution < -0.4 is 4.74 Å². The van der Waals surface area contributed by atoms with Crippen molar-refractivity contribution in [3.63, 3.8) is 0 Å². The maximum Gasteiger partial charge on any atom is 0.165 e. The second-order valence-corrected chi connectivity index (χ2v) is 4.14. The molecule has 0 radical (unpaired) electrons. The van der Waals surface area contributed by atoms with Crippen LogP contribution >= 0.6 is 0 Å². The van der Waals surface area contributed by atoms with E-state index in [4.69, 9.17) is 4.74 Å². The lowest BCUT2D eigenvalue weighted by Gasteiger charge is -2.10. The van der Waals surface area contributed by atoms with E-state index in [1.54, 1.807) is 7.11 Å².